The lowest BCUT2D eigenvalue weighted by Crippen LogP contribution is -1.91. The molecule has 0 bridgehead atoms. The molecule has 1 aromatic rings. The number of ether oxygens (including phenoxy) is 1. The number of hydrogen-bond donors (Lipinski definition) is 1. The van der Waals surface area contributed by atoms with Crippen molar-refractivity contribution in [2.75, 3.05) is 7.11 Å². The number of rotatable bonds is 3. The zero-order valence-electron chi connectivity index (χ0n) is 7.50. The Morgan fingerprint density at radius 1 is 1.42 bits per heavy atom. The van der Waals surface area contributed by atoms with Crippen LogP contribution in [-0.2, 0) is 12.2 Å². The molecule has 0 fully saturated rings. The topological polar surface area (TPSA) is 9.23 Å². The Morgan fingerprint density at radius 3 is 2.67 bits per heavy atom. The quantitative estimate of drug-likeness (QED) is 0.707. The molecular formula is C10H14OS. The van der Waals surface area contributed by atoms with E-state index in [2.05, 4.69) is 25.6 Å². The maximum atomic E-state index is 5.21. The standard InChI is InChI=1S/C10H14OS/c1-3-9-6-8(7-12)4-5-10(9)11-2/h4-6,12H,3,7H2,1-2H3. The van der Waals surface area contributed by atoms with Gasteiger partial charge in [0.05, 0.1) is 7.11 Å². The lowest BCUT2D eigenvalue weighted by atomic mass is 10.1. The minimum Gasteiger partial charge on any atom is -0.496 e. The molecule has 1 aromatic carbocycles. The fourth-order valence-corrected chi connectivity index (χ4v) is 1.40. The van der Waals surface area contributed by atoms with E-state index in [0.717, 1.165) is 17.9 Å². The monoisotopic (exact) mass is 182 g/mol. The van der Waals surface area contributed by atoms with Gasteiger partial charge in [-0.05, 0) is 23.6 Å². The molecule has 0 saturated carbocycles. The summed E-state index contributed by atoms with van der Waals surface area (Å²) in [6, 6.07) is 6.20. The molecule has 0 radical (unpaired) electrons. The molecule has 0 aromatic heterocycles. The average molecular weight is 182 g/mol. The summed E-state index contributed by atoms with van der Waals surface area (Å²) in [4.78, 5) is 0. The third-order valence-electron chi connectivity index (χ3n) is 1.91. The molecule has 1 rings (SSSR count). The van der Waals surface area contributed by atoms with Crippen molar-refractivity contribution in [3.63, 3.8) is 0 Å². The molecule has 0 aliphatic heterocycles. The normalized spacial score (nSPS) is 9.92. The highest BCUT2D eigenvalue weighted by atomic mass is 32.1. The van der Waals surface area contributed by atoms with E-state index in [0.29, 0.717) is 0 Å². The fraction of sp³-hybridized carbons (Fsp3) is 0.400. The fourth-order valence-electron chi connectivity index (χ4n) is 1.21. The molecule has 1 nitrogen and oxygen atoms in total. The Morgan fingerprint density at radius 2 is 2.17 bits per heavy atom. The Hall–Kier alpha value is -0.630. The molecule has 0 atom stereocenters. The van der Waals surface area contributed by atoms with Gasteiger partial charge in [0, 0.05) is 5.75 Å². The minimum absolute atomic E-state index is 0.789. The van der Waals surface area contributed by atoms with E-state index in [9.17, 15) is 0 Å². The minimum atomic E-state index is 0.789. The van der Waals surface area contributed by atoms with E-state index < -0.39 is 0 Å². The van der Waals surface area contributed by atoms with E-state index in [1.807, 2.05) is 12.1 Å². The number of thiol groups is 1. The van der Waals surface area contributed by atoms with Crippen LogP contribution in [-0.4, -0.2) is 7.11 Å². The van der Waals surface area contributed by atoms with Crippen molar-refractivity contribution in [3.8, 4) is 5.75 Å². The summed E-state index contributed by atoms with van der Waals surface area (Å²) >= 11 is 4.22. The van der Waals surface area contributed by atoms with Crippen molar-refractivity contribution in [1.29, 1.82) is 0 Å². The van der Waals surface area contributed by atoms with Gasteiger partial charge in [0.2, 0.25) is 0 Å². The largest absolute Gasteiger partial charge is 0.496 e. The van der Waals surface area contributed by atoms with E-state index in [1.165, 1.54) is 11.1 Å². The lowest BCUT2D eigenvalue weighted by Gasteiger charge is -2.07. The molecule has 0 aliphatic carbocycles. The Kier molecular flexibility index (Phi) is 3.48. The van der Waals surface area contributed by atoms with E-state index >= 15 is 0 Å². The van der Waals surface area contributed by atoms with Gasteiger partial charge in [-0.1, -0.05) is 19.1 Å². The molecule has 0 spiro atoms. The van der Waals surface area contributed by atoms with Crippen molar-refractivity contribution < 1.29 is 4.74 Å². The van der Waals surface area contributed by atoms with Gasteiger partial charge in [-0.2, -0.15) is 12.6 Å². The zero-order valence-corrected chi connectivity index (χ0v) is 8.40. The molecule has 0 heterocycles. The second kappa shape index (κ2) is 4.41. The average Bonchev–Trinajstić information content (AvgIpc) is 2.16. The first-order chi connectivity index (χ1) is 5.81. The van der Waals surface area contributed by atoms with Crippen LogP contribution in [0.3, 0.4) is 0 Å². The summed E-state index contributed by atoms with van der Waals surface area (Å²) in [5, 5.41) is 0. The highest BCUT2D eigenvalue weighted by molar-refractivity contribution is 7.79. The summed E-state index contributed by atoms with van der Waals surface area (Å²) in [7, 11) is 1.70. The summed E-state index contributed by atoms with van der Waals surface area (Å²) in [6.07, 6.45) is 1.00. The molecule has 0 aliphatic rings. The van der Waals surface area contributed by atoms with Crippen molar-refractivity contribution >= 4 is 12.6 Å². The summed E-state index contributed by atoms with van der Waals surface area (Å²) in [5.74, 6) is 1.76. The summed E-state index contributed by atoms with van der Waals surface area (Å²) in [5.41, 5.74) is 2.50. The van der Waals surface area contributed by atoms with Gasteiger partial charge in [0.25, 0.3) is 0 Å². The van der Waals surface area contributed by atoms with E-state index in [4.69, 9.17) is 4.74 Å². The van der Waals surface area contributed by atoms with Gasteiger partial charge in [-0.15, -0.1) is 0 Å². The highest BCUT2D eigenvalue weighted by Gasteiger charge is 2.00. The number of methoxy groups -OCH3 is 1. The SMILES string of the molecule is CCc1cc(CS)ccc1OC. The van der Waals surface area contributed by atoms with Crippen molar-refractivity contribution in [1.82, 2.24) is 0 Å². The number of benzene rings is 1. The predicted octanol–water partition coefficient (Wildman–Crippen LogP) is 2.69. The van der Waals surface area contributed by atoms with Gasteiger partial charge in [-0.25, -0.2) is 0 Å². The van der Waals surface area contributed by atoms with Crippen molar-refractivity contribution in [2.24, 2.45) is 0 Å². The van der Waals surface area contributed by atoms with Crippen molar-refractivity contribution in [3.05, 3.63) is 29.3 Å². The van der Waals surface area contributed by atoms with Crippen LogP contribution in [0.4, 0.5) is 0 Å². The lowest BCUT2D eigenvalue weighted by molar-refractivity contribution is 0.410. The maximum Gasteiger partial charge on any atom is 0.122 e. The molecule has 0 amide bonds. The molecule has 66 valence electrons. The molecule has 12 heavy (non-hydrogen) atoms. The molecule has 0 saturated heterocycles. The smallest absolute Gasteiger partial charge is 0.122 e. The second-order valence-corrected chi connectivity index (χ2v) is 2.97. The van der Waals surface area contributed by atoms with E-state index in [-0.39, 0.29) is 0 Å². The Balaban J connectivity index is 3.02. The van der Waals surface area contributed by atoms with Gasteiger partial charge in [0.15, 0.2) is 0 Å². The Labute approximate surface area is 79.2 Å². The molecule has 2 heteroatoms. The highest BCUT2D eigenvalue weighted by Crippen LogP contribution is 2.20. The summed E-state index contributed by atoms with van der Waals surface area (Å²) in [6.45, 7) is 2.13. The van der Waals surface area contributed by atoms with Crippen LogP contribution in [0.15, 0.2) is 18.2 Å². The van der Waals surface area contributed by atoms with Crippen LogP contribution < -0.4 is 4.74 Å². The van der Waals surface area contributed by atoms with Crippen LogP contribution in [0.1, 0.15) is 18.1 Å². The maximum absolute atomic E-state index is 5.21. The van der Waals surface area contributed by atoms with Gasteiger partial charge in [0.1, 0.15) is 5.75 Å². The third kappa shape index (κ3) is 1.95. The first kappa shape index (κ1) is 9.46. The third-order valence-corrected chi connectivity index (χ3v) is 2.27. The van der Waals surface area contributed by atoms with Gasteiger partial charge < -0.3 is 4.74 Å². The summed E-state index contributed by atoms with van der Waals surface area (Å²) < 4.78 is 5.21. The molecular weight excluding hydrogens is 168 g/mol. The van der Waals surface area contributed by atoms with Crippen LogP contribution in [0, 0.1) is 0 Å². The molecule has 0 unspecified atom stereocenters. The second-order valence-electron chi connectivity index (χ2n) is 2.66. The van der Waals surface area contributed by atoms with Crippen LogP contribution in [0.5, 0.6) is 5.75 Å². The number of hydrogen-bond acceptors (Lipinski definition) is 2. The van der Waals surface area contributed by atoms with Gasteiger partial charge >= 0.3 is 0 Å². The molecule has 0 N–H and O–H groups in total. The first-order valence-electron chi connectivity index (χ1n) is 4.08. The predicted molar refractivity (Wildman–Crippen MR) is 55.1 cm³/mol. The van der Waals surface area contributed by atoms with Crippen LogP contribution in [0.2, 0.25) is 0 Å². The van der Waals surface area contributed by atoms with Crippen molar-refractivity contribution in [2.45, 2.75) is 19.1 Å². The zero-order chi connectivity index (χ0) is 8.97. The van der Waals surface area contributed by atoms with E-state index in [1.54, 1.807) is 7.11 Å². The van der Waals surface area contributed by atoms with Gasteiger partial charge in [-0.3, -0.25) is 0 Å². The number of aryl methyl sites for hydroxylation is 1. The Bertz CT molecular complexity index is 258. The van der Waals surface area contributed by atoms with Crippen LogP contribution >= 0.6 is 12.6 Å². The van der Waals surface area contributed by atoms with Crippen LogP contribution in [0.25, 0.3) is 0 Å². The first-order valence-corrected chi connectivity index (χ1v) is 4.71.